The van der Waals surface area contributed by atoms with Crippen molar-refractivity contribution >= 4 is 0 Å². The zero-order valence-electron chi connectivity index (χ0n) is 11.1. The third-order valence-corrected chi connectivity index (χ3v) is 4.59. The summed E-state index contributed by atoms with van der Waals surface area (Å²) in [7, 11) is 4.39. The van der Waals surface area contributed by atoms with Crippen molar-refractivity contribution in [2.45, 2.75) is 44.2 Å². The molecule has 16 heavy (non-hydrogen) atoms. The lowest BCUT2D eigenvalue weighted by Crippen LogP contribution is -2.48. The molecule has 3 nitrogen and oxygen atoms in total. The van der Waals surface area contributed by atoms with E-state index in [2.05, 4.69) is 30.8 Å². The molecule has 2 unspecified atom stereocenters. The predicted octanol–water partition coefficient (Wildman–Crippen LogP) is 1.14. The molecule has 0 amide bonds. The Kier molecular flexibility index (Phi) is 3.57. The summed E-state index contributed by atoms with van der Waals surface area (Å²) in [6.45, 7) is 6.04. The van der Waals surface area contributed by atoms with E-state index in [-0.39, 0.29) is 5.54 Å². The van der Waals surface area contributed by atoms with Crippen molar-refractivity contribution in [1.82, 2.24) is 9.80 Å². The van der Waals surface area contributed by atoms with Crippen molar-refractivity contribution in [1.29, 1.82) is 0 Å². The summed E-state index contributed by atoms with van der Waals surface area (Å²) in [5.41, 5.74) is 6.47. The molecule has 1 aliphatic heterocycles. The summed E-state index contributed by atoms with van der Waals surface area (Å²) in [6.07, 6.45) is 5.02. The molecular weight excluding hydrogens is 198 g/mol. The molecule has 1 heterocycles. The van der Waals surface area contributed by atoms with Crippen LogP contribution in [0.5, 0.6) is 0 Å². The summed E-state index contributed by atoms with van der Waals surface area (Å²) >= 11 is 0. The smallest absolute Gasteiger partial charge is 0.0254 e. The summed E-state index contributed by atoms with van der Waals surface area (Å²) in [4.78, 5) is 4.97. The summed E-state index contributed by atoms with van der Waals surface area (Å²) < 4.78 is 0. The van der Waals surface area contributed by atoms with Gasteiger partial charge in [-0.05, 0) is 52.2 Å². The Bertz CT molecular complexity index is 235. The topological polar surface area (TPSA) is 32.5 Å². The Morgan fingerprint density at radius 3 is 2.44 bits per heavy atom. The zero-order chi connectivity index (χ0) is 11.8. The highest BCUT2D eigenvalue weighted by molar-refractivity contribution is 4.94. The molecule has 0 aromatic carbocycles. The van der Waals surface area contributed by atoms with E-state index < -0.39 is 0 Å². The Balaban J connectivity index is 1.75. The standard InChI is InChI=1S/C13H27N3/c1-11-9-16(10-12(11)15(2)3)8-7-13(14)5-4-6-13/h11-12H,4-10,14H2,1-3H3. The number of nitrogens with zero attached hydrogens (tertiary/aromatic N) is 2. The van der Waals surface area contributed by atoms with E-state index in [0.717, 1.165) is 12.0 Å². The third kappa shape index (κ3) is 2.58. The summed E-state index contributed by atoms with van der Waals surface area (Å²) in [5, 5.41) is 0. The molecule has 1 saturated heterocycles. The molecule has 2 fully saturated rings. The Labute approximate surface area is 100.0 Å². The molecule has 0 bridgehead atoms. The van der Waals surface area contributed by atoms with Crippen molar-refractivity contribution in [2.75, 3.05) is 33.7 Å². The van der Waals surface area contributed by atoms with Crippen molar-refractivity contribution in [2.24, 2.45) is 11.7 Å². The van der Waals surface area contributed by atoms with Gasteiger partial charge in [-0.1, -0.05) is 6.92 Å². The van der Waals surface area contributed by atoms with Gasteiger partial charge in [0, 0.05) is 24.7 Å². The van der Waals surface area contributed by atoms with Gasteiger partial charge in [-0.15, -0.1) is 0 Å². The Hall–Kier alpha value is -0.120. The van der Waals surface area contributed by atoms with Gasteiger partial charge in [0.25, 0.3) is 0 Å². The van der Waals surface area contributed by atoms with E-state index in [1.807, 2.05) is 0 Å². The van der Waals surface area contributed by atoms with Gasteiger partial charge in [-0.3, -0.25) is 0 Å². The number of likely N-dealkylation sites (tertiary alicyclic amines) is 1. The highest BCUT2D eigenvalue weighted by Crippen LogP contribution is 2.32. The molecule has 1 saturated carbocycles. The predicted molar refractivity (Wildman–Crippen MR) is 68.5 cm³/mol. The van der Waals surface area contributed by atoms with E-state index in [1.165, 1.54) is 45.3 Å². The zero-order valence-corrected chi connectivity index (χ0v) is 11.1. The van der Waals surface area contributed by atoms with Crippen LogP contribution in [0.15, 0.2) is 0 Å². The van der Waals surface area contributed by atoms with Crippen molar-refractivity contribution in [3.63, 3.8) is 0 Å². The SMILES string of the molecule is CC1CN(CCC2(N)CCC2)CC1N(C)C. The van der Waals surface area contributed by atoms with Crippen LogP contribution in [0.1, 0.15) is 32.6 Å². The second-order valence-corrected chi connectivity index (χ2v) is 6.23. The number of likely N-dealkylation sites (N-methyl/N-ethyl adjacent to an activating group) is 1. The van der Waals surface area contributed by atoms with Gasteiger partial charge >= 0.3 is 0 Å². The van der Waals surface area contributed by atoms with Gasteiger partial charge in [0.15, 0.2) is 0 Å². The minimum Gasteiger partial charge on any atom is -0.325 e. The molecule has 3 heteroatoms. The lowest BCUT2D eigenvalue weighted by atomic mass is 9.75. The summed E-state index contributed by atoms with van der Waals surface area (Å²) in [5.74, 6) is 0.796. The first-order valence-electron chi connectivity index (χ1n) is 6.68. The van der Waals surface area contributed by atoms with E-state index in [1.54, 1.807) is 0 Å². The number of nitrogens with two attached hydrogens (primary N) is 1. The molecule has 2 N–H and O–H groups in total. The molecule has 0 spiro atoms. The third-order valence-electron chi connectivity index (χ3n) is 4.59. The molecule has 0 radical (unpaired) electrons. The lowest BCUT2D eigenvalue weighted by molar-refractivity contribution is 0.189. The minimum atomic E-state index is 0.194. The van der Waals surface area contributed by atoms with Crippen LogP contribution >= 0.6 is 0 Å². The van der Waals surface area contributed by atoms with E-state index in [4.69, 9.17) is 5.73 Å². The molecule has 1 aliphatic carbocycles. The van der Waals surface area contributed by atoms with Gasteiger partial charge in [-0.2, -0.15) is 0 Å². The molecule has 2 atom stereocenters. The molecule has 0 aromatic heterocycles. The van der Waals surface area contributed by atoms with Crippen LogP contribution in [0.4, 0.5) is 0 Å². The normalized spacial score (nSPS) is 34.3. The highest BCUT2D eigenvalue weighted by atomic mass is 15.2. The fourth-order valence-electron chi connectivity index (χ4n) is 3.16. The highest BCUT2D eigenvalue weighted by Gasteiger charge is 2.35. The molecule has 0 aromatic rings. The maximum Gasteiger partial charge on any atom is 0.0254 e. The Morgan fingerprint density at radius 1 is 1.31 bits per heavy atom. The van der Waals surface area contributed by atoms with Crippen LogP contribution in [-0.4, -0.2) is 55.1 Å². The second kappa shape index (κ2) is 4.63. The molecule has 94 valence electrons. The number of rotatable bonds is 4. The van der Waals surface area contributed by atoms with Crippen molar-refractivity contribution in [3.8, 4) is 0 Å². The van der Waals surface area contributed by atoms with Crippen molar-refractivity contribution < 1.29 is 0 Å². The molecule has 2 aliphatic rings. The van der Waals surface area contributed by atoms with Crippen LogP contribution < -0.4 is 5.73 Å². The first-order chi connectivity index (χ1) is 7.50. The fraction of sp³-hybridized carbons (Fsp3) is 1.00. The van der Waals surface area contributed by atoms with Gasteiger partial charge in [0.1, 0.15) is 0 Å². The average molecular weight is 225 g/mol. The number of hydrogen-bond donors (Lipinski definition) is 1. The maximum absolute atomic E-state index is 6.27. The van der Waals surface area contributed by atoms with Gasteiger partial charge in [0.2, 0.25) is 0 Å². The van der Waals surface area contributed by atoms with Crippen LogP contribution in [0.3, 0.4) is 0 Å². The largest absolute Gasteiger partial charge is 0.325 e. The van der Waals surface area contributed by atoms with Crippen LogP contribution in [0.2, 0.25) is 0 Å². The number of hydrogen-bond acceptors (Lipinski definition) is 3. The lowest BCUT2D eigenvalue weighted by Gasteiger charge is -2.39. The van der Waals surface area contributed by atoms with E-state index >= 15 is 0 Å². The fourth-order valence-corrected chi connectivity index (χ4v) is 3.16. The minimum absolute atomic E-state index is 0.194. The van der Waals surface area contributed by atoms with Gasteiger partial charge in [-0.25, -0.2) is 0 Å². The quantitative estimate of drug-likeness (QED) is 0.779. The van der Waals surface area contributed by atoms with Gasteiger partial charge < -0.3 is 15.5 Å². The molecular formula is C13H27N3. The second-order valence-electron chi connectivity index (χ2n) is 6.23. The average Bonchev–Trinajstić information content (AvgIpc) is 2.54. The van der Waals surface area contributed by atoms with Crippen LogP contribution in [-0.2, 0) is 0 Å². The van der Waals surface area contributed by atoms with Crippen LogP contribution in [0.25, 0.3) is 0 Å². The molecule has 2 rings (SSSR count). The van der Waals surface area contributed by atoms with Gasteiger partial charge in [0.05, 0.1) is 0 Å². The van der Waals surface area contributed by atoms with E-state index in [0.29, 0.717) is 0 Å². The first kappa shape index (κ1) is 12.3. The maximum atomic E-state index is 6.27. The van der Waals surface area contributed by atoms with Crippen LogP contribution in [0, 0.1) is 5.92 Å². The summed E-state index contributed by atoms with van der Waals surface area (Å²) in [6, 6.07) is 0.732. The van der Waals surface area contributed by atoms with E-state index in [9.17, 15) is 0 Å². The monoisotopic (exact) mass is 225 g/mol. The van der Waals surface area contributed by atoms with Crippen molar-refractivity contribution in [3.05, 3.63) is 0 Å². The first-order valence-corrected chi connectivity index (χ1v) is 6.68. The Morgan fingerprint density at radius 2 is 2.00 bits per heavy atom.